The fraction of sp³-hybridized carbons (Fsp3) is 0.125. The molecule has 0 radical (unpaired) electrons. The molecule has 0 aliphatic heterocycles. The van der Waals surface area contributed by atoms with Crippen molar-refractivity contribution in [3.63, 3.8) is 0 Å². The summed E-state index contributed by atoms with van der Waals surface area (Å²) in [6, 6.07) is 8.24. The zero-order valence-electron chi connectivity index (χ0n) is 13.0. The zero-order valence-corrected chi connectivity index (χ0v) is 13.0. The van der Waals surface area contributed by atoms with E-state index < -0.39 is 22.5 Å². The molecule has 0 saturated carbocycles. The molecule has 0 heterocycles. The van der Waals surface area contributed by atoms with Crippen LogP contribution in [-0.4, -0.2) is 21.8 Å². The fourth-order valence-electron chi connectivity index (χ4n) is 2.18. The number of benzene rings is 2. The number of amides is 2. The first-order chi connectivity index (χ1) is 11.3. The lowest BCUT2D eigenvalue weighted by molar-refractivity contribution is -0.384. The minimum absolute atomic E-state index is 0.315. The molecule has 0 unspecified atom stereocenters. The third kappa shape index (κ3) is 3.86. The van der Waals surface area contributed by atoms with Crippen LogP contribution in [0.3, 0.4) is 0 Å². The molecule has 8 heteroatoms. The summed E-state index contributed by atoms with van der Waals surface area (Å²) in [6.07, 6.45) is 0. The van der Waals surface area contributed by atoms with Gasteiger partial charge in [0, 0.05) is 17.7 Å². The Bertz CT molecular complexity index is 812. The quantitative estimate of drug-likeness (QED) is 0.587. The van der Waals surface area contributed by atoms with Gasteiger partial charge in [-0.2, -0.15) is 0 Å². The zero-order chi connectivity index (χ0) is 17.9. The number of hydrogen-bond donors (Lipinski definition) is 3. The number of non-ortho nitro benzene ring substituents is 1. The Labute approximate surface area is 137 Å². The van der Waals surface area contributed by atoms with Gasteiger partial charge in [-0.15, -0.1) is 0 Å². The lowest BCUT2D eigenvalue weighted by atomic mass is 10.1. The Balaban J connectivity index is 2.11. The molecule has 2 aromatic carbocycles. The predicted molar refractivity (Wildman–Crippen MR) is 85.6 cm³/mol. The summed E-state index contributed by atoms with van der Waals surface area (Å²) in [4.78, 5) is 34.1. The molecule has 0 aliphatic carbocycles. The van der Waals surface area contributed by atoms with Crippen molar-refractivity contribution < 1.29 is 19.6 Å². The van der Waals surface area contributed by atoms with Gasteiger partial charge in [0.15, 0.2) is 0 Å². The highest BCUT2D eigenvalue weighted by atomic mass is 16.6. The molecule has 8 nitrogen and oxygen atoms in total. The Morgan fingerprint density at radius 3 is 2.17 bits per heavy atom. The Hall–Kier alpha value is -3.42. The minimum Gasteiger partial charge on any atom is -0.507 e. The molecule has 2 rings (SSSR count). The molecule has 2 amide bonds. The Kier molecular flexibility index (Phi) is 4.78. The van der Waals surface area contributed by atoms with Crippen LogP contribution in [0.25, 0.3) is 0 Å². The molecule has 3 N–H and O–H groups in total. The number of phenols is 1. The molecule has 0 atom stereocenters. The second kappa shape index (κ2) is 6.78. The lowest BCUT2D eigenvalue weighted by Gasteiger charge is -2.09. The summed E-state index contributed by atoms with van der Waals surface area (Å²) in [5.41, 5.74) is 5.81. The fourth-order valence-corrected chi connectivity index (χ4v) is 2.18. The number of hydrazine groups is 1. The molecule has 24 heavy (non-hydrogen) atoms. The van der Waals surface area contributed by atoms with E-state index in [-0.39, 0.29) is 11.3 Å². The Morgan fingerprint density at radius 2 is 1.58 bits per heavy atom. The summed E-state index contributed by atoms with van der Waals surface area (Å²) < 4.78 is 0. The van der Waals surface area contributed by atoms with Crippen molar-refractivity contribution in [1.82, 2.24) is 10.9 Å². The molecule has 0 fully saturated rings. The van der Waals surface area contributed by atoms with Crippen molar-refractivity contribution in [2.24, 2.45) is 0 Å². The maximum Gasteiger partial charge on any atom is 0.273 e. The standard InChI is InChI=1S/C16H15N3O5/c1-9-5-10(2)7-11(6-9)15(21)17-18-16(22)13-8-12(19(23)24)3-4-14(13)20/h3-8,20H,1-2H3,(H,17,21)(H,18,22). The first kappa shape index (κ1) is 16.9. The highest BCUT2D eigenvalue weighted by Crippen LogP contribution is 2.22. The van der Waals surface area contributed by atoms with Crippen molar-refractivity contribution >= 4 is 17.5 Å². The minimum atomic E-state index is -0.867. The van der Waals surface area contributed by atoms with E-state index in [2.05, 4.69) is 10.9 Å². The van der Waals surface area contributed by atoms with E-state index in [0.717, 1.165) is 29.3 Å². The van der Waals surface area contributed by atoms with Crippen molar-refractivity contribution in [3.8, 4) is 5.75 Å². The lowest BCUT2D eigenvalue weighted by Crippen LogP contribution is -2.41. The third-order valence-corrected chi connectivity index (χ3v) is 3.21. The van der Waals surface area contributed by atoms with Crippen LogP contribution in [0.1, 0.15) is 31.8 Å². The van der Waals surface area contributed by atoms with Crippen LogP contribution in [-0.2, 0) is 0 Å². The number of aryl methyl sites for hydroxylation is 2. The van der Waals surface area contributed by atoms with Gasteiger partial charge in [-0.25, -0.2) is 0 Å². The van der Waals surface area contributed by atoms with E-state index >= 15 is 0 Å². The van der Waals surface area contributed by atoms with Gasteiger partial charge in [-0.1, -0.05) is 17.2 Å². The molecule has 124 valence electrons. The number of carbonyl (C=O) groups is 2. The van der Waals surface area contributed by atoms with Crippen molar-refractivity contribution in [2.75, 3.05) is 0 Å². The maximum atomic E-state index is 12.0. The molecule has 0 spiro atoms. The monoisotopic (exact) mass is 329 g/mol. The topological polar surface area (TPSA) is 122 Å². The van der Waals surface area contributed by atoms with Gasteiger partial charge < -0.3 is 5.11 Å². The summed E-state index contributed by atoms with van der Waals surface area (Å²) in [7, 11) is 0. The first-order valence-corrected chi connectivity index (χ1v) is 6.94. The molecule has 0 bridgehead atoms. The van der Waals surface area contributed by atoms with Gasteiger partial charge in [0.25, 0.3) is 17.5 Å². The number of nitrogens with one attached hydrogen (secondary N) is 2. The normalized spacial score (nSPS) is 10.1. The first-order valence-electron chi connectivity index (χ1n) is 6.94. The van der Waals surface area contributed by atoms with E-state index in [1.807, 2.05) is 19.9 Å². The number of phenolic OH excluding ortho intramolecular Hbond substituents is 1. The number of nitro benzene ring substituents is 1. The number of rotatable bonds is 3. The van der Waals surface area contributed by atoms with Crippen LogP contribution in [0.15, 0.2) is 36.4 Å². The van der Waals surface area contributed by atoms with Gasteiger partial charge in [0.05, 0.1) is 10.5 Å². The van der Waals surface area contributed by atoms with Gasteiger partial charge in [0.1, 0.15) is 5.75 Å². The predicted octanol–water partition coefficient (Wildman–Crippen LogP) is 1.99. The molecule has 0 aliphatic rings. The SMILES string of the molecule is Cc1cc(C)cc(C(=O)NNC(=O)c2cc([N+](=O)[O-])ccc2O)c1. The third-order valence-electron chi connectivity index (χ3n) is 3.21. The molecular weight excluding hydrogens is 314 g/mol. The average molecular weight is 329 g/mol. The van der Waals surface area contributed by atoms with Crippen molar-refractivity contribution in [3.05, 3.63) is 68.8 Å². The van der Waals surface area contributed by atoms with Crippen molar-refractivity contribution in [2.45, 2.75) is 13.8 Å². The van der Waals surface area contributed by atoms with Crippen LogP contribution in [0.4, 0.5) is 5.69 Å². The van der Waals surface area contributed by atoms with Crippen LogP contribution in [0.5, 0.6) is 5.75 Å². The van der Waals surface area contributed by atoms with Crippen LogP contribution >= 0.6 is 0 Å². The van der Waals surface area contributed by atoms with E-state index in [1.54, 1.807) is 12.1 Å². The number of carbonyl (C=O) groups excluding carboxylic acids is 2. The highest BCUT2D eigenvalue weighted by Gasteiger charge is 2.17. The van der Waals surface area contributed by atoms with Gasteiger partial charge in [0.2, 0.25) is 0 Å². The van der Waals surface area contributed by atoms with Crippen LogP contribution < -0.4 is 10.9 Å². The number of nitro groups is 1. The second-order valence-corrected chi connectivity index (χ2v) is 5.24. The smallest absolute Gasteiger partial charge is 0.273 e. The summed E-state index contributed by atoms with van der Waals surface area (Å²) in [6.45, 7) is 3.67. The highest BCUT2D eigenvalue weighted by molar-refractivity contribution is 6.00. The van der Waals surface area contributed by atoms with Crippen molar-refractivity contribution in [1.29, 1.82) is 0 Å². The summed E-state index contributed by atoms with van der Waals surface area (Å²) in [5.74, 6) is -1.84. The maximum absolute atomic E-state index is 12.0. The summed E-state index contributed by atoms with van der Waals surface area (Å²) in [5, 5.41) is 20.4. The number of hydrogen-bond acceptors (Lipinski definition) is 5. The largest absolute Gasteiger partial charge is 0.507 e. The van der Waals surface area contributed by atoms with Gasteiger partial charge >= 0.3 is 0 Å². The molecular formula is C16H15N3O5. The van der Waals surface area contributed by atoms with Crippen LogP contribution in [0.2, 0.25) is 0 Å². The van der Waals surface area contributed by atoms with E-state index in [1.165, 1.54) is 0 Å². The van der Waals surface area contributed by atoms with Gasteiger partial charge in [-0.05, 0) is 32.0 Å². The summed E-state index contributed by atoms with van der Waals surface area (Å²) >= 11 is 0. The second-order valence-electron chi connectivity index (χ2n) is 5.24. The van der Waals surface area contributed by atoms with E-state index in [4.69, 9.17) is 0 Å². The number of aromatic hydroxyl groups is 1. The molecule has 0 aromatic heterocycles. The van der Waals surface area contributed by atoms with Gasteiger partial charge in [-0.3, -0.25) is 30.6 Å². The molecule has 0 saturated heterocycles. The van der Waals surface area contributed by atoms with E-state index in [0.29, 0.717) is 5.56 Å². The average Bonchev–Trinajstić information content (AvgIpc) is 2.51. The molecule has 2 aromatic rings. The number of nitrogens with zero attached hydrogens (tertiary/aromatic N) is 1. The Morgan fingerprint density at radius 1 is 1.00 bits per heavy atom. The van der Waals surface area contributed by atoms with Crippen LogP contribution in [0, 0.1) is 24.0 Å². The van der Waals surface area contributed by atoms with E-state index in [9.17, 15) is 24.8 Å².